The molecule has 1 aromatic heterocycles. The number of aromatic nitrogens is 2. The number of rotatable bonds is 5. The second-order valence-corrected chi connectivity index (χ2v) is 6.42. The van der Waals surface area contributed by atoms with E-state index in [2.05, 4.69) is 23.8 Å². The van der Waals surface area contributed by atoms with E-state index in [1.807, 2.05) is 25.1 Å². The van der Waals surface area contributed by atoms with E-state index in [-0.39, 0.29) is 4.75 Å². The SMILES string of the molecule is CCOc1ccc2nc(SC(C)(C)CN)[nH]c2c1. The minimum atomic E-state index is -0.0172. The molecule has 0 aliphatic carbocycles. The molecule has 0 fully saturated rings. The van der Waals surface area contributed by atoms with Crippen molar-refractivity contribution in [1.82, 2.24) is 9.97 Å². The number of H-pyrrole nitrogens is 1. The number of imidazole rings is 1. The molecule has 0 bridgehead atoms. The van der Waals surface area contributed by atoms with Crippen LogP contribution in [0, 0.1) is 0 Å². The van der Waals surface area contributed by atoms with Crippen LogP contribution < -0.4 is 10.5 Å². The van der Waals surface area contributed by atoms with Crippen molar-refractivity contribution in [3.05, 3.63) is 18.2 Å². The molecule has 98 valence electrons. The molecule has 1 aromatic carbocycles. The summed E-state index contributed by atoms with van der Waals surface area (Å²) in [6, 6.07) is 5.89. The van der Waals surface area contributed by atoms with Crippen molar-refractivity contribution >= 4 is 22.8 Å². The topological polar surface area (TPSA) is 63.9 Å². The zero-order valence-electron chi connectivity index (χ0n) is 11.0. The molecule has 0 spiro atoms. The summed E-state index contributed by atoms with van der Waals surface area (Å²) >= 11 is 1.66. The molecule has 0 amide bonds. The smallest absolute Gasteiger partial charge is 0.166 e. The molecule has 0 unspecified atom stereocenters. The van der Waals surface area contributed by atoms with Crippen LogP contribution in [-0.2, 0) is 0 Å². The number of thioether (sulfide) groups is 1. The first kappa shape index (κ1) is 13.2. The maximum atomic E-state index is 5.73. The third kappa shape index (κ3) is 2.97. The lowest BCUT2D eigenvalue weighted by Crippen LogP contribution is -2.26. The van der Waals surface area contributed by atoms with Gasteiger partial charge in [0.25, 0.3) is 0 Å². The van der Waals surface area contributed by atoms with E-state index < -0.39 is 0 Å². The van der Waals surface area contributed by atoms with Crippen LogP contribution in [0.5, 0.6) is 5.75 Å². The number of hydrogen-bond donors (Lipinski definition) is 2. The summed E-state index contributed by atoms with van der Waals surface area (Å²) in [5.74, 6) is 0.864. The first-order valence-electron chi connectivity index (χ1n) is 6.06. The van der Waals surface area contributed by atoms with Gasteiger partial charge in [0.05, 0.1) is 17.6 Å². The highest BCUT2D eigenvalue weighted by molar-refractivity contribution is 8.00. The maximum absolute atomic E-state index is 5.73. The number of nitrogens with one attached hydrogen (secondary N) is 1. The van der Waals surface area contributed by atoms with E-state index in [9.17, 15) is 0 Å². The van der Waals surface area contributed by atoms with Crippen molar-refractivity contribution in [3.63, 3.8) is 0 Å². The molecule has 0 saturated heterocycles. The van der Waals surface area contributed by atoms with Gasteiger partial charge >= 0.3 is 0 Å². The van der Waals surface area contributed by atoms with Crippen molar-refractivity contribution in [2.24, 2.45) is 5.73 Å². The standard InChI is InChI=1S/C13H19N3OS/c1-4-17-9-5-6-10-11(7-9)16-12(15-10)18-13(2,3)8-14/h5-7H,4,8,14H2,1-3H3,(H,15,16). The molecule has 0 aliphatic heterocycles. The minimum absolute atomic E-state index is 0.0172. The van der Waals surface area contributed by atoms with Crippen molar-refractivity contribution in [1.29, 1.82) is 0 Å². The summed E-state index contributed by atoms with van der Waals surface area (Å²) in [6.07, 6.45) is 0. The van der Waals surface area contributed by atoms with Gasteiger partial charge in [0.15, 0.2) is 5.16 Å². The van der Waals surface area contributed by atoms with Crippen molar-refractivity contribution in [3.8, 4) is 5.75 Å². The molecule has 2 rings (SSSR count). The van der Waals surface area contributed by atoms with Gasteiger partial charge < -0.3 is 15.5 Å². The van der Waals surface area contributed by atoms with Gasteiger partial charge in [-0.3, -0.25) is 0 Å². The van der Waals surface area contributed by atoms with Crippen LogP contribution in [0.25, 0.3) is 11.0 Å². The summed E-state index contributed by atoms with van der Waals surface area (Å²) < 4.78 is 5.45. The van der Waals surface area contributed by atoms with Crippen molar-refractivity contribution in [2.45, 2.75) is 30.7 Å². The number of ether oxygens (including phenoxy) is 1. The monoisotopic (exact) mass is 265 g/mol. The Hall–Kier alpha value is -1.20. The van der Waals surface area contributed by atoms with Gasteiger partial charge in [-0.15, -0.1) is 0 Å². The first-order chi connectivity index (χ1) is 8.54. The second kappa shape index (κ2) is 5.20. The second-order valence-electron chi connectivity index (χ2n) is 4.72. The summed E-state index contributed by atoms with van der Waals surface area (Å²) in [4.78, 5) is 7.84. The zero-order valence-corrected chi connectivity index (χ0v) is 11.8. The van der Waals surface area contributed by atoms with E-state index in [1.165, 1.54) is 0 Å². The first-order valence-corrected chi connectivity index (χ1v) is 6.87. The van der Waals surface area contributed by atoms with Crippen molar-refractivity contribution in [2.75, 3.05) is 13.2 Å². The lowest BCUT2D eigenvalue weighted by molar-refractivity contribution is 0.340. The quantitative estimate of drug-likeness (QED) is 0.816. The van der Waals surface area contributed by atoms with Gasteiger partial charge in [-0.2, -0.15) is 0 Å². The van der Waals surface area contributed by atoms with Gasteiger partial charge in [0, 0.05) is 17.4 Å². The van der Waals surface area contributed by atoms with Crippen LogP contribution in [0.15, 0.2) is 23.4 Å². The summed E-state index contributed by atoms with van der Waals surface area (Å²) in [5.41, 5.74) is 7.68. The van der Waals surface area contributed by atoms with Gasteiger partial charge in [-0.1, -0.05) is 11.8 Å². The molecular weight excluding hydrogens is 246 g/mol. The fourth-order valence-corrected chi connectivity index (χ4v) is 2.49. The third-order valence-corrected chi connectivity index (χ3v) is 3.71. The molecule has 4 nitrogen and oxygen atoms in total. The van der Waals surface area contributed by atoms with Crippen LogP contribution in [0.3, 0.4) is 0 Å². The average Bonchev–Trinajstić information content (AvgIpc) is 2.70. The normalized spacial score (nSPS) is 12.0. The third-order valence-electron chi connectivity index (χ3n) is 2.61. The Morgan fingerprint density at radius 2 is 2.22 bits per heavy atom. The average molecular weight is 265 g/mol. The number of aromatic amines is 1. The molecule has 0 atom stereocenters. The van der Waals surface area contributed by atoms with Crippen LogP contribution >= 0.6 is 11.8 Å². The lowest BCUT2D eigenvalue weighted by Gasteiger charge is -2.19. The van der Waals surface area contributed by atoms with Gasteiger partial charge in [0.1, 0.15) is 5.75 Å². The van der Waals surface area contributed by atoms with Crippen LogP contribution in [0.2, 0.25) is 0 Å². The number of benzene rings is 1. The van der Waals surface area contributed by atoms with E-state index in [4.69, 9.17) is 10.5 Å². The Morgan fingerprint density at radius 1 is 1.44 bits per heavy atom. The predicted octanol–water partition coefficient (Wildman–Crippen LogP) is 2.79. The summed E-state index contributed by atoms with van der Waals surface area (Å²) in [5, 5.41) is 0.897. The molecule has 0 aliphatic rings. The fraction of sp³-hybridized carbons (Fsp3) is 0.462. The Kier molecular flexibility index (Phi) is 3.82. The van der Waals surface area contributed by atoms with E-state index in [0.29, 0.717) is 13.2 Å². The Labute approximate surface area is 111 Å². The Balaban J connectivity index is 2.27. The lowest BCUT2D eigenvalue weighted by atomic mass is 10.2. The van der Waals surface area contributed by atoms with Crippen LogP contribution in [-0.4, -0.2) is 27.9 Å². The van der Waals surface area contributed by atoms with Gasteiger partial charge in [0.2, 0.25) is 0 Å². The van der Waals surface area contributed by atoms with E-state index in [0.717, 1.165) is 21.9 Å². The van der Waals surface area contributed by atoms with Gasteiger partial charge in [-0.25, -0.2) is 4.98 Å². The van der Waals surface area contributed by atoms with E-state index >= 15 is 0 Å². The molecule has 2 aromatic rings. The zero-order chi connectivity index (χ0) is 13.2. The minimum Gasteiger partial charge on any atom is -0.494 e. The van der Waals surface area contributed by atoms with Crippen LogP contribution in [0.1, 0.15) is 20.8 Å². The summed E-state index contributed by atoms with van der Waals surface area (Å²) in [7, 11) is 0. The van der Waals surface area contributed by atoms with Crippen LogP contribution in [0.4, 0.5) is 0 Å². The largest absolute Gasteiger partial charge is 0.494 e. The summed E-state index contributed by atoms with van der Waals surface area (Å²) in [6.45, 7) is 7.47. The highest BCUT2D eigenvalue weighted by Gasteiger charge is 2.19. The predicted molar refractivity (Wildman–Crippen MR) is 76.3 cm³/mol. The molecule has 5 heteroatoms. The highest BCUT2D eigenvalue weighted by Crippen LogP contribution is 2.31. The molecular formula is C13H19N3OS. The highest BCUT2D eigenvalue weighted by atomic mass is 32.2. The molecule has 3 N–H and O–H groups in total. The number of fused-ring (bicyclic) bond motifs is 1. The molecule has 0 saturated carbocycles. The Morgan fingerprint density at radius 3 is 2.89 bits per heavy atom. The van der Waals surface area contributed by atoms with E-state index in [1.54, 1.807) is 11.8 Å². The number of nitrogens with zero attached hydrogens (tertiary/aromatic N) is 1. The number of hydrogen-bond acceptors (Lipinski definition) is 4. The molecule has 0 radical (unpaired) electrons. The number of nitrogens with two attached hydrogens (primary N) is 1. The molecule has 18 heavy (non-hydrogen) atoms. The van der Waals surface area contributed by atoms with Crippen molar-refractivity contribution < 1.29 is 4.74 Å². The Bertz CT molecular complexity index is 536. The molecule has 1 heterocycles. The fourth-order valence-electron chi connectivity index (χ4n) is 1.57. The maximum Gasteiger partial charge on any atom is 0.166 e. The van der Waals surface area contributed by atoms with Gasteiger partial charge in [-0.05, 0) is 32.9 Å².